The minimum Gasteiger partial charge on any atom is -0.326 e. The normalized spacial score (nSPS) is 13.1. The van der Waals surface area contributed by atoms with E-state index in [1.807, 2.05) is 0 Å². The molecule has 2 nitrogen and oxygen atoms in total. The summed E-state index contributed by atoms with van der Waals surface area (Å²) in [6.07, 6.45) is 1.20. The summed E-state index contributed by atoms with van der Waals surface area (Å²) >= 11 is 0. The molecule has 0 heterocycles. The monoisotopic (exact) mass is 234 g/mol. The number of hydrogen-bond donors (Lipinski definition) is 1. The third-order valence-electron chi connectivity index (χ3n) is 3.64. The molecule has 0 saturated heterocycles. The molecule has 1 atom stereocenters. The Kier molecular flexibility index (Phi) is 5.66. The van der Waals surface area contributed by atoms with Crippen molar-refractivity contribution in [2.75, 3.05) is 6.54 Å². The van der Waals surface area contributed by atoms with Gasteiger partial charge in [0.2, 0.25) is 0 Å². The van der Waals surface area contributed by atoms with Crippen molar-refractivity contribution < 1.29 is 0 Å². The Morgan fingerprint density at radius 2 is 2.00 bits per heavy atom. The van der Waals surface area contributed by atoms with Crippen molar-refractivity contribution in [1.82, 2.24) is 4.90 Å². The minimum absolute atomic E-state index is 0.629. The second-order valence-electron chi connectivity index (χ2n) is 4.79. The van der Waals surface area contributed by atoms with E-state index < -0.39 is 0 Å². The standard InChI is InChI=1S/C15H26N2/c1-5-13(4)17(6-2)11-15-8-7-14(10-16)9-12(15)3/h7-9,13H,5-6,10-11,16H2,1-4H3. The number of nitrogens with two attached hydrogens (primary N) is 1. The van der Waals surface area contributed by atoms with Crippen LogP contribution in [0.15, 0.2) is 18.2 Å². The lowest BCUT2D eigenvalue weighted by Gasteiger charge is -2.27. The Morgan fingerprint density at radius 3 is 2.47 bits per heavy atom. The number of benzene rings is 1. The smallest absolute Gasteiger partial charge is 0.0239 e. The zero-order valence-electron chi connectivity index (χ0n) is 11.7. The molecule has 2 N–H and O–H groups in total. The number of aryl methyl sites for hydroxylation is 1. The van der Waals surface area contributed by atoms with E-state index in [2.05, 4.69) is 50.8 Å². The second-order valence-corrected chi connectivity index (χ2v) is 4.79. The summed E-state index contributed by atoms with van der Waals surface area (Å²) in [4.78, 5) is 2.52. The second kappa shape index (κ2) is 6.77. The Hall–Kier alpha value is -0.860. The van der Waals surface area contributed by atoms with E-state index in [1.54, 1.807) is 0 Å². The molecule has 17 heavy (non-hydrogen) atoms. The largest absolute Gasteiger partial charge is 0.326 e. The minimum atomic E-state index is 0.629. The highest BCUT2D eigenvalue weighted by molar-refractivity contribution is 5.31. The fraction of sp³-hybridized carbons (Fsp3) is 0.600. The van der Waals surface area contributed by atoms with Crippen LogP contribution >= 0.6 is 0 Å². The number of hydrogen-bond acceptors (Lipinski definition) is 2. The van der Waals surface area contributed by atoms with Gasteiger partial charge < -0.3 is 5.73 Å². The average molecular weight is 234 g/mol. The van der Waals surface area contributed by atoms with E-state index in [0.29, 0.717) is 12.6 Å². The van der Waals surface area contributed by atoms with Gasteiger partial charge in [-0.1, -0.05) is 32.0 Å². The fourth-order valence-corrected chi connectivity index (χ4v) is 2.12. The van der Waals surface area contributed by atoms with Crippen molar-refractivity contribution in [3.05, 3.63) is 34.9 Å². The Balaban J connectivity index is 2.79. The lowest BCUT2D eigenvalue weighted by Crippen LogP contribution is -2.32. The van der Waals surface area contributed by atoms with Crippen LogP contribution in [-0.4, -0.2) is 17.5 Å². The summed E-state index contributed by atoms with van der Waals surface area (Å²) in [6, 6.07) is 7.23. The van der Waals surface area contributed by atoms with Crippen LogP contribution in [0.4, 0.5) is 0 Å². The van der Waals surface area contributed by atoms with Gasteiger partial charge in [-0.15, -0.1) is 0 Å². The highest BCUT2D eigenvalue weighted by atomic mass is 15.1. The predicted molar refractivity (Wildman–Crippen MR) is 74.9 cm³/mol. The first-order valence-electron chi connectivity index (χ1n) is 6.64. The van der Waals surface area contributed by atoms with Crippen LogP contribution in [0.1, 0.15) is 43.9 Å². The maximum atomic E-state index is 5.66. The molecule has 0 spiro atoms. The summed E-state index contributed by atoms with van der Waals surface area (Å²) < 4.78 is 0. The molecule has 0 aromatic heterocycles. The maximum absolute atomic E-state index is 5.66. The molecule has 0 aliphatic heterocycles. The molecule has 0 saturated carbocycles. The van der Waals surface area contributed by atoms with Gasteiger partial charge in [-0.25, -0.2) is 0 Å². The summed E-state index contributed by atoms with van der Waals surface area (Å²) in [6.45, 7) is 11.7. The van der Waals surface area contributed by atoms with Gasteiger partial charge in [0.15, 0.2) is 0 Å². The van der Waals surface area contributed by atoms with Gasteiger partial charge in [-0.3, -0.25) is 4.90 Å². The highest BCUT2D eigenvalue weighted by Crippen LogP contribution is 2.15. The molecule has 0 radical (unpaired) electrons. The molecule has 1 aromatic carbocycles. The summed E-state index contributed by atoms with van der Waals surface area (Å²) in [7, 11) is 0. The average Bonchev–Trinajstić information content (AvgIpc) is 2.36. The van der Waals surface area contributed by atoms with Crippen molar-refractivity contribution in [3.8, 4) is 0 Å². The van der Waals surface area contributed by atoms with Crippen LogP contribution in [-0.2, 0) is 13.1 Å². The molecule has 0 amide bonds. The van der Waals surface area contributed by atoms with Gasteiger partial charge in [0.05, 0.1) is 0 Å². The molecule has 96 valence electrons. The van der Waals surface area contributed by atoms with Crippen molar-refractivity contribution in [2.45, 2.75) is 53.2 Å². The van der Waals surface area contributed by atoms with Crippen LogP contribution in [0.2, 0.25) is 0 Å². The molecule has 0 aliphatic rings. The molecule has 1 unspecified atom stereocenters. The Labute approximate surface area is 106 Å². The van der Waals surface area contributed by atoms with Gasteiger partial charge in [0.25, 0.3) is 0 Å². The van der Waals surface area contributed by atoms with Gasteiger partial charge in [-0.2, -0.15) is 0 Å². The predicted octanol–water partition coefficient (Wildman–Crippen LogP) is 3.07. The number of rotatable bonds is 6. The topological polar surface area (TPSA) is 29.3 Å². The molecule has 1 aromatic rings. The third-order valence-corrected chi connectivity index (χ3v) is 3.64. The van der Waals surface area contributed by atoms with Crippen molar-refractivity contribution >= 4 is 0 Å². The van der Waals surface area contributed by atoms with Gasteiger partial charge in [0.1, 0.15) is 0 Å². The van der Waals surface area contributed by atoms with Crippen LogP contribution in [0, 0.1) is 6.92 Å². The molecule has 1 rings (SSSR count). The molecular weight excluding hydrogens is 208 g/mol. The first-order valence-corrected chi connectivity index (χ1v) is 6.64. The first-order chi connectivity index (χ1) is 8.12. The lowest BCUT2D eigenvalue weighted by molar-refractivity contribution is 0.205. The van der Waals surface area contributed by atoms with Crippen LogP contribution < -0.4 is 5.73 Å². The van der Waals surface area contributed by atoms with E-state index >= 15 is 0 Å². The van der Waals surface area contributed by atoms with Crippen molar-refractivity contribution in [2.24, 2.45) is 5.73 Å². The zero-order chi connectivity index (χ0) is 12.8. The summed E-state index contributed by atoms with van der Waals surface area (Å²) in [5.74, 6) is 0. The summed E-state index contributed by atoms with van der Waals surface area (Å²) in [5, 5.41) is 0. The van der Waals surface area contributed by atoms with Crippen LogP contribution in [0.5, 0.6) is 0 Å². The molecule has 0 bridgehead atoms. The quantitative estimate of drug-likeness (QED) is 0.819. The van der Waals surface area contributed by atoms with E-state index in [9.17, 15) is 0 Å². The van der Waals surface area contributed by atoms with Gasteiger partial charge in [-0.05, 0) is 43.5 Å². The molecule has 0 aliphatic carbocycles. The van der Waals surface area contributed by atoms with Gasteiger partial charge in [0, 0.05) is 19.1 Å². The van der Waals surface area contributed by atoms with Crippen molar-refractivity contribution in [1.29, 1.82) is 0 Å². The van der Waals surface area contributed by atoms with E-state index in [0.717, 1.165) is 13.1 Å². The summed E-state index contributed by atoms with van der Waals surface area (Å²) in [5.41, 5.74) is 9.65. The Morgan fingerprint density at radius 1 is 1.29 bits per heavy atom. The van der Waals surface area contributed by atoms with E-state index in [4.69, 9.17) is 5.73 Å². The molecule has 2 heteroatoms. The zero-order valence-corrected chi connectivity index (χ0v) is 11.7. The molecule has 0 fully saturated rings. The van der Waals surface area contributed by atoms with Crippen molar-refractivity contribution in [3.63, 3.8) is 0 Å². The van der Waals surface area contributed by atoms with Gasteiger partial charge >= 0.3 is 0 Å². The van der Waals surface area contributed by atoms with Crippen LogP contribution in [0.25, 0.3) is 0 Å². The lowest BCUT2D eigenvalue weighted by atomic mass is 10.0. The fourth-order valence-electron chi connectivity index (χ4n) is 2.12. The van der Waals surface area contributed by atoms with Crippen LogP contribution in [0.3, 0.4) is 0 Å². The molecular formula is C15H26N2. The highest BCUT2D eigenvalue weighted by Gasteiger charge is 2.11. The SMILES string of the molecule is CCC(C)N(CC)Cc1ccc(CN)cc1C. The van der Waals surface area contributed by atoms with E-state index in [1.165, 1.54) is 23.1 Å². The van der Waals surface area contributed by atoms with E-state index in [-0.39, 0.29) is 0 Å². The first kappa shape index (κ1) is 14.2. The maximum Gasteiger partial charge on any atom is 0.0239 e. The number of nitrogens with zero attached hydrogens (tertiary/aromatic N) is 1. The third kappa shape index (κ3) is 3.83. The Bertz CT molecular complexity index is 347.